The number of H-pyrrole nitrogens is 1. The zero-order chi connectivity index (χ0) is 19.1. The van der Waals surface area contributed by atoms with Crippen LogP contribution < -0.4 is 0 Å². The van der Waals surface area contributed by atoms with E-state index in [9.17, 15) is 9.90 Å². The van der Waals surface area contributed by atoms with E-state index in [-0.39, 0.29) is 5.91 Å². The van der Waals surface area contributed by atoms with Crippen LogP contribution in [-0.2, 0) is 0 Å². The summed E-state index contributed by atoms with van der Waals surface area (Å²) in [4.78, 5) is 20.5. The molecule has 5 heteroatoms. The molecule has 2 aromatic rings. The Kier molecular flexibility index (Phi) is 5.13. The van der Waals surface area contributed by atoms with E-state index in [0.717, 1.165) is 29.3 Å². The zero-order valence-corrected chi connectivity index (χ0v) is 16.6. The molecule has 0 aliphatic carbocycles. The van der Waals surface area contributed by atoms with E-state index in [0.29, 0.717) is 31.7 Å². The highest BCUT2D eigenvalue weighted by Gasteiger charge is 2.33. The number of nitrogens with zero attached hydrogens (tertiary/aromatic N) is 2. The lowest BCUT2D eigenvalue weighted by Crippen LogP contribution is -2.41. The van der Waals surface area contributed by atoms with E-state index in [1.807, 2.05) is 30.8 Å². The van der Waals surface area contributed by atoms with E-state index in [2.05, 4.69) is 31.0 Å². The van der Waals surface area contributed by atoms with Crippen molar-refractivity contribution in [1.82, 2.24) is 14.8 Å². The van der Waals surface area contributed by atoms with Crippen LogP contribution in [0.15, 0.2) is 12.1 Å². The minimum atomic E-state index is -0.707. The number of aliphatic hydroxyl groups is 1. The molecule has 1 aliphatic rings. The van der Waals surface area contributed by atoms with Crippen LogP contribution in [0.3, 0.4) is 0 Å². The Morgan fingerprint density at radius 1 is 1.23 bits per heavy atom. The fraction of sp³-hybridized carbons (Fsp3) is 0.571. The number of amides is 1. The summed E-state index contributed by atoms with van der Waals surface area (Å²) in [5.74, 6) is 0.0462. The Labute approximate surface area is 156 Å². The molecule has 5 nitrogen and oxygen atoms in total. The van der Waals surface area contributed by atoms with Crippen LogP contribution >= 0.6 is 0 Å². The maximum atomic E-state index is 13.2. The van der Waals surface area contributed by atoms with Crippen molar-refractivity contribution in [2.75, 3.05) is 33.7 Å². The Hall–Kier alpha value is -1.85. The summed E-state index contributed by atoms with van der Waals surface area (Å²) in [6.45, 7) is 8.11. The molecule has 0 radical (unpaired) electrons. The summed E-state index contributed by atoms with van der Waals surface area (Å²) in [5, 5.41) is 12.0. The molecule has 1 atom stereocenters. The van der Waals surface area contributed by atoms with E-state index < -0.39 is 5.60 Å². The Morgan fingerprint density at radius 2 is 1.96 bits per heavy atom. The van der Waals surface area contributed by atoms with E-state index >= 15 is 0 Å². The minimum absolute atomic E-state index is 0.0462. The predicted octanol–water partition coefficient (Wildman–Crippen LogP) is 3.01. The van der Waals surface area contributed by atoms with Crippen molar-refractivity contribution in [3.63, 3.8) is 0 Å². The molecule has 26 heavy (non-hydrogen) atoms. The molecule has 2 N–H and O–H groups in total. The maximum absolute atomic E-state index is 13.2. The SMILES string of the molecule is Cc1cc(C)c2[nH]c(C(=O)N3CCC[C@](O)(CN(C)C)CC3)c(C)c2c1. The number of aromatic nitrogens is 1. The first-order valence-corrected chi connectivity index (χ1v) is 9.46. The quantitative estimate of drug-likeness (QED) is 0.888. The number of fused-ring (bicyclic) bond motifs is 1. The molecule has 1 aromatic heterocycles. The van der Waals surface area contributed by atoms with E-state index in [1.165, 1.54) is 11.1 Å². The molecule has 1 fully saturated rings. The molecule has 1 amide bonds. The van der Waals surface area contributed by atoms with Gasteiger partial charge in [-0.3, -0.25) is 4.79 Å². The number of hydrogen-bond donors (Lipinski definition) is 2. The van der Waals surface area contributed by atoms with Crippen molar-refractivity contribution in [2.45, 2.75) is 45.6 Å². The largest absolute Gasteiger partial charge is 0.388 e. The number of likely N-dealkylation sites (N-methyl/N-ethyl adjacent to an activating group) is 1. The van der Waals surface area contributed by atoms with Crippen LogP contribution in [0.25, 0.3) is 10.9 Å². The molecule has 3 rings (SSSR count). The smallest absolute Gasteiger partial charge is 0.270 e. The Morgan fingerprint density at radius 3 is 2.65 bits per heavy atom. The maximum Gasteiger partial charge on any atom is 0.270 e. The number of aryl methyl sites for hydroxylation is 3. The van der Waals surface area contributed by atoms with Gasteiger partial charge in [-0.2, -0.15) is 0 Å². The minimum Gasteiger partial charge on any atom is -0.388 e. The molecule has 0 spiro atoms. The fourth-order valence-electron chi connectivity index (χ4n) is 4.28. The second-order valence-electron chi connectivity index (χ2n) is 8.24. The molecule has 1 aliphatic heterocycles. The number of carbonyl (C=O) groups is 1. The van der Waals surface area contributed by atoms with Crippen molar-refractivity contribution in [3.05, 3.63) is 34.5 Å². The van der Waals surface area contributed by atoms with Gasteiger partial charge in [0, 0.05) is 30.5 Å². The highest BCUT2D eigenvalue weighted by atomic mass is 16.3. The molecule has 142 valence electrons. The summed E-state index contributed by atoms with van der Waals surface area (Å²) in [6.07, 6.45) is 2.18. The molecule has 0 bridgehead atoms. The van der Waals surface area contributed by atoms with Crippen molar-refractivity contribution in [1.29, 1.82) is 0 Å². The molecule has 1 saturated heterocycles. The molecule has 2 heterocycles. The van der Waals surface area contributed by atoms with Gasteiger partial charge in [0.05, 0.1) is 5.60 Å². The first kappa shape index (κ1) is 18.9. The van der Waals surface area contributed by atoms with Gasteiger partial charge < -0.3 is 19.9 Å². The van der Waals surface area contributed by atoms with Gasteiger partial charge in [-0.15, -0.1) is 0 Å². The number of aromatic amines is 1. The number of benzene rings is 1. The average Bonchev–Trinajstić information content (AvgIpc) is 2.74. The number of carbonyl (C=O) groups excluding carboxylic acids is 1. The highest BCUT2D eigenvalue weighted by Crippen LogP contribution is 2.28. The molecular formula is C21H31N3O2. The summed E-state index contributed by atoms with van der Waals surface area (Å²) >= 11 is 0. The third-order valence-electron chi connectivity index (χ3n) is 5.54. The third-order valence-corrected chi connectivity index (χ3v) is 5.54. The molecule has 1 aromatic carbocycles. The highest BCUT2D eigenvalue weighted by molar-refractivity contribution is 6.01. The Bertz CT molecular complexity index is 824. The van der Waals surface area contributed by atoms with Crippen LogP contribution in [0.4, 0.5) is 0 Å². The van der Waals surface area contributed by atoms with Gasteiger partial charge in [-0.1, -0.05) is 11.6 Å². The lowest BCUT2D eigenvalue weighted by atomic mass is 9.94. The number of hydrogen-bond acceptors (Lipinski definition) is 3. The van der Waals surface area contributed by atoms with Gasteiger partial charge in [0.15, 0.2) is 0 Å². The van der Waals surface area contributed by atoms with Crippen molar-refractivity contribution >= 4 is 16.8 Å². The predicted molar refractivity (Wildman–Crippen MR) is 106 cm³/mol. The first-order valence-electron chi connectivity index (χ1n) is 9.46. The number of nitrogens with one attached hydrogen (secondary N) is 1. The standard InChI is InChI=1S/C21H31N3O2/c1-14-11-15(2)18-17(12-14)16(3)19(22-18)20(25)24-9-6-7-21(26,8-10-24)13-23(4)5/h11-12,22,26H,6-10,13H2,1-5H3/t21-/m1/s1. The average molecular weight is 357 g/mol. The summed E-state index contributed by atoms with van der Waals surface area (Å²) in [5.41, 5.74) is 4.42. The number of likely N-dealkylation sites (tertiary alicyclic amines) is 1. The van der Waals surface area contributed by atoms with Crippen molar-refractivity contribution < 1.29 is 9.90 Å². The van der Waals surface area contributed by atoms with Crippen LogP contribution in [-0.4, -0.2) is 65.1 Å². The molecule has 0 saturated carbocycles. The van der Waals surface area contributed by atoms with Gasteiger partial charge in [-0.25, -0.2) is 0 Å². The molecule has 0 unspecified atom stereocenters. The summed E-state index contributed by atoms with van der Waals surface area (Å²) in [6, 6.07) is 4.28. The van der Waals surface area contributed by atoms with Gasteiger partial charge in [0.25, 0.3) is 5.91 Å². The van der Waals surface area contributed by atoms with Gasteiger partial charge in [0.2, 0.25) is 0 Å². The first-order chi connectivity index (χ1) is 12.2. The zero-order valence-electron chi connectivity index (χ0n) is 16.6. The summed E-state index contributed by atoms with van der Waals surface area (Å²) in [7, 11) is 3.95. The monoisotopic (exact) mass is 357 g/mol. The lowest BCUT2D eigenvalue weighted by Gasteiger charge is -2.29. The van der Waals surface area contributed by atoms with Gasteiger partial charge in [0.1, 0.15) is 5.69 Å². The number of rotatable bonds is 3. The van der Waals surface area contributed by atoms with Crippen LogP contribution in [0.2, 0.25) is 0 Å². The van der Waals surface area contributed by atoms with Crippen LogP contribution in [0.1, 0.15) is 46.4 Å². The van der Waals surface area contributed by atoms with E-state index in [4.69, 9.17) is 0 Å². The lowest BCUT2D eigenvalue weighted by molar-refractivity contribution is 0.00303. The fourth-order valence-corrected chi connectivity index (χ4v) is 4.28. The van der Waals surface area contributed by atoms with Gasteiger partial charge in [-0.05, 0) is 71.3 Å². The second kappa shape index (κ2) is 7.05. The van der Waals surface area contributed by atoms with Crippen molar-refractivity contribution in [3.8, 4) is 0 Å². The van der Waals surface area contributed by atoms with Crippen molar-refractivity contribution in [2.24, 2.45) is 0 Å². The van der Waals surface area contributed by atoms with Crippen LogP contribution in [0, 0.1) is 20.8 Å². The van der Waals surface area contributed by atoms with Gasteiger partial charge >= 0.3 is 0 Å². The third kappa shape index (κ3) is 3.64. The normalized spacial score (nSPS) is 21.4. The van der Waals surface area contributed by atoms with E-state index in [1.54, 1.807) is 0 Å². The molecular weight excluding hydrogens is 326 g/mol. The van der Waals surface area contributed by atoms with Crippen LogP contribution in [0.5, 0.6) is 0 Å². The Balaban J connectivity index is 1.85. The second-order valence-corrected chi connectivity index (χ2v) is 8.24. The topological polar surface area (TPSA) is 59.6 Å². The summed E-state index contributed by atoms with van der Waals surface area (Å²) < 4.78 is 0.